The zero-order valence-corrected chi connectivity index (χ0v) is 22.0. The molecule has 1 fully saturated rings. The Bertz CT molecular complexity index is 1360. The summed E-state index contributed by atoms with van der Waals surface area (Å²) in [6, 6.07) is 19.1. The molecule has 11 nitrogen and oxygen atoms in total. The van der Waals surface area contributed by atoms with Crippen LogP contribution in [0.1, 0.15) is 31.1 Å². The van der Waals surface area contributed by atoms with Gasteiger partial charge in [0, 0.05) is 0 Å². The molecular weight excluding hydrogens is 524 g/mol. The number of methoxy groups -OCH3 is 3. The molecule has 0 saturated carbocycles. The maximum absolute atomic E-state index is 13.0. The lowest BCUT2D eigenvalue weighted by molar-refractivity contribution is -0.139. The maximum Gasteiger partial charge on any atom is 0.344 e. The average molecular weight is 553 g/mol. The van der Waals surface area contributed by atoms with Crippen molar-refractivity contribution in [1.82, 2.24) is 0 Å². The molecule has 4 rings (SSSR count). The maximum atomic E-state index is 13.0. The summed E-state index contributed by atoms with van der Waals surface area (Å²) in [7, 11) is 4.20. The van der Waals surface area contributed by atoms with Gasteiger partial charge in [0.25, 0.3) is 0 Å². The molecule has 0 spiro atoms. The zero-order chi connectivity index (χ0) is 28.6. The second kappa shape index (κ2) is 13.0. The molecule has 1 heterocycles. The van der Waals surface area contributed by atoms with Crippen molar-refractivity contribution in [2.24, 2.45) is 0 Å². The first-order valence-corrected chi connectivity index (χ1v) is 12.2. The van der Waals surface area contributed by atoms with Gasteiger partial charge in [-0.2, -0.15) is 0 Å². The van der Waals surface area contributed by atoms with Crippen LogP contribution in [-0.2, 0) is 18.9 Å². The van der Waals surface area contributed by atoms with Gasteiger partial charge in [0.2, 0.25) is 6.29 Å². The van der Waals surface area contributed by atoms with Crippen molar-refractivity contribution in [3.05, 3.63) is 89.5 Å². The van der Waals surface area contributed by atoms with Crippen LogP contribution in [0.3, 0.4) is 0 Å². The topological polar surface area (TPSA) is 136 Å². The van der Waals surface area contributed by atoms with E-state index in [2.05, 4.69) is 0 Å². The SMILES string of the molecule is COc1ccccc1C(=O)OC[C@H]1O[C@H](OC(=O)c2ccccc2OC)[C@H](O)[C@@H]1OC(=O)c1ccccc1OC. The van der Waals surface area contributed by atoms with E-state index in [4.69, 9.17) is 33.2 Å². The number of hydrogen-bond acceptors (Lipinski definition) is 11. The van der Waals surface area contributed by atoms with Crippen molar-refractivity contribution in [2.75, 3.05) is 27.9 Å². The minimum absolute atomic E-state index is 0.0921. The largest absolute Gasteiger partial charge is 0.496 e. The Morgan fingerprint density at radius 2 is 1.10 bits per heavy atom. The second-order valence-electron chi connectivity index (χ2n) is 8.51. The fourth-order valence-corrected chi connectivity index (χ4v) is 4.11. The van der Waals surface area contributed by atoms with E-state index in [-0.39, 0.29) is 28.2 Å². The van der Waals surface area contributed by atoms with Crippen molar-refractivity contribution in [3.63, 3.8) is 0 Å². The summed E-state index contributed by atoms with van der Waals surface area (Å²) in [5, 5.41) is 11.0. The molecule has 210 valence electrons. The highest BCUT2D eigenvalue weighted by atomic mass is 16.7. The van der Waals surface area contributed by atoms with E-state index in [1.54, 1.807) is 54.6 Å². The molecule has 3 aromatic carbocycles. The highest BCUT2D eigenvalue weighted by molar-refractivity contribution is 5.94. The molecule has 3 aromatic rings. The number of rotatable bonds is 10. The number of para-hydroxylation sites is 3. The third-order valence-electron chi connectivity index (χ3n) is 6.12. The molecule has 1 N–H and O–H groups in total. The van der Waals surface area contributed by atoms with Crippen molar-refractivity contribution in [1.29, 1.82) is 0 Å². The summed E-state index contributed by atoms with van der Waals surface area (Å²) in [5.41, 5.74) is 0.344. The van der Waals surface area contributed by atoms with Gasteiger partial charge in [-0.15, -0.1) is 0 Å². The lowest BCUT2D eigenvalue weighted by Crippen LogP contribution is -2.40. The summed E-state index contributed by atoms with van der Waals surface area (Å²) < 4.78 is 37.8. The predicted molar refractivity (Wildman–Crippen MR) is 139 cm³/mol. The summed E-state index contributed by atoms with van der Waals surface area (Å²) in [6.07, 6.45) is -5.74. The monoisotopic (exact) mass is 552 g/mol. The van der Waals surface area contributed by atoms with Crippen molar-refractivity contribution < 1.29 is 52.6 Å². The normalized spacial score (nSPS) is 19.8. The number of esters is 3. The highest BCUT2D eigenvalue weighted by Crippen LogP contribution is 2.30. The third kappa shape index (κ3) is 6.16. The van der Waals surface area contributed by atoms with Gasteiger partial charge < -0.3 is 38.3 Å². The Morgan fingerprint density at radius 3 is 1.57 bits per heavy atom. The molecule has 0 unspecified atom stereocenters. The van der Waals surface area contributed by atoms with Crippen LogP contribution in [0.4, 0.5) is 0 Å². The van der Waals surface area contributed by atoms with Gasteiger partial charge in [-0.05, 0) is 36.4 Å². The number of aliphatic hydroxyl groups is 1. The first-order chi connectivity index (χ1) is 19.4. The number of hydrogen-bond donors (Lipinski definition) is 1. The molecule has 40 heavy (non-hydrogen) atoms. The lowest BCUT2D eigenvalue weighted by Gasteiger charge is -2.21. The third-order valence-corrected chi connectivity index (χ3v) is 6.12. The van der Waals surface area contributed by atoms with E-state index >= 15 is 0 Å². The van der Waals surface area contributed by atoms with Gasteiger partial charge in [0.05, 0.1) is 21.3 Å². The predicted octanol–water partition coefficient (Wildman–Crippen LogP) is 3.04. The fourth-order valence-electron chi connectivity index (χ4n) is 4.11. The Kier molecular flexibility index (Phi) is 9.20. The lowest BCUT2D eigenvalue weighted by atomic mass is 10.1. The summed E-state index contributed by atoms with van der Waals surface area (Å²) in [6.45, 7) is -0.444. The van der Waals surface area contributed by atoms with Crippen LogP contribution < -0.4 is 14.2 Å². The van der Waals surface area contributed by atoms with Crippen molar-refractivity contribution in [3.8, 4) is 17.2 Å². The van der Waals surface area contributed by atoms with Gasteiger partial charge >= 0.3 is 17.9 Å². The molecule has 0 aromatic heterocycles. The van der Waals surface area contributed by atoms with Crippen LogP contribution in [0.15, 0.2) is 72.8 Å². The number of carbonyl (C=O) groups excluding carboxylic acids is 3. The first kappa shape index (κ1) is 28.4. The average Bonchev–Trinajstić information content (AvgIpc) is 3.28. The van der Waals surface area contributed by atoms with Crippen LogP contribution in [0.25, 0.3) is 0 Å². The second-order valence-corrected chi connectivity index (χ2v) is 8.51. The number of aliphatic hydroxyl groups excluding tert-OH is 1. The van der Waals surface area contributed by atoms with E-state index in [9.17, 15) is 19.5 Å². The molecule has 0 amide bonds. The van der Waals surface area contributed by atoms with E-state index in [0.29, 0.717) is 5.75 Å². The van der Waals surface area contributed by atoms with Gasteiger partial charge in [0.15, 0.2) is 12.2 Å². The molecule has 11 heteroatoms. The fraction of sp³-hybridized carbons (Fsp3) is 0.276. The Labute approximate surface area is 230 Å². The summed E-state index contributed by atoms with van der Waals surface area (Å²) >= 11 is 0. The van der Waals surface area contributed by atoms with E-state index in [1.807, 2.05) is 0 Å². The van der Waals surface area contributed by atoms with Crippen molar-refractivity contribution in [2.45, 2.75) is 24.6 Å². The van der Waals surface area contributed by atoms with Gasteiger partial charge in [-0.3, -0.25) is 0 Å². The van der Waals surface area contributed by atoms with Crippen LogP contribution >= 0.6 is 0 Å². The number of benzene rings is 3. The van der Waals surface area contributed by atoms with Crippen LogP contribution in [0, 0.1) is 0 Å². The van der Waals surface area contributed by atoms with Crippen molar-refractivity contribution >= 4 is 17.9 Å². The summed E-state index contributed by atoms with van der Waals surface area (Å²) in [5.74, 6) is -1.62. The molecule has 1 aliphatic heterocycles. The quantitative estimate of drug-likeness (QED) is 0.294. The van der Waals surface area contributed by atoms with Crippen LogP contribution in [-0.4, -0.2) is 75.6 Å². The Balaban J connectivity index is 1.54. The minimum Gasteiger partial charge on any atom is -0.496 e. The Morgan fingerprint density at radius 1 is 0.675 bits per heavy atom. The van der Waals surface area contributed by atoms with Gasteiger partial charge in [-0.25, -0.2) is 14.4 Å². The molecule has 1 saturated heterocycles. The number of ether oxygens (including phenoxy) is 7. The molecular formula is C29H28O11. The standard InChI is InChI=1S/C29H28O11/c1-34-20-13-7-4-10-17(20)26(31)37-16-23-25(39-27(32)18-11-5-8-14-21(18)35-2)24(30)29(38-23)40-28(33)19-12-6-9-15-22(19)36-3/h4-15,23-25,29-30H,16H2,1-3H3/t23-,24-,25-,29-/m1/s1. The van der Waals surface area contributed by atoms with Crippen LogP contribution in [0.5, 0.6) is 17.2 Å². The summed E-state index contributed by atoms with van der Waals surface area (Å²) in [4.78, 5) is 38.7. The zero-order valence-electron chi connectivity index (χ0n) is 22.0. The van der Waals surface area contributed by atoms with Gasteiger partial charge in [-0.1, -0.05) is 36.4 Å². The molecule has 0 aliphatic carbocycles. The molecule has 0 radical (unpaired) electrons. The van der Waals surface area contributed by atoms with E-state index < -0.39 is 49.1 Å². The van der Waals surface area contributed by atoms with Gasteiger partial charge in [0.1, 0.15) is 46.6 Å². The molecule has 4 atom stereocenters. The first-order valence-electron chi connectivity index (χ1n) is 12.2. The highest BCUT2D eigenvalue weighted by Gasteiger charge is 2.49. The van der Waals surface area contributed by atoms with Crippen LogP contribution in [0.2, 0.25) is 0 Å². The van der Waals surface area contributed by atoms with E-state index in [1.165, 1.54) is 39.5 Å². The number of carbonyl (C=O) groups is 3. The van der Waals surface area contributed by atoms with E-state index in [0.717, 1.165) is 0 Å². The minimum atomic E-state index is -1.62. The molecule has 1 aliphatic rings. The molecule has 0 bridgehead atoms. The smallest absolute Gasteiger partial charge is 0.344 e. The Hall–Kier alpha value is -4.61.